The molecule has 0 aliphatic rings. The summed E-state index contributed by atoms with van der Waals surface area (Å²) in [6.45, 7) is 3.68. The number of unbranched alkanes of at least 4 members (excludes halogenated alkanes) is 8. The Labute approximate surface area is 122 Å². The van der Waals surface area contributed by atoms with Gasteiger partial charge in [0, 0.05) is 6.42 Å². The zero-order chi connectivity index (χ0) is 15.2. The summed E-state index contributed by atoms with van der Waals surface area (Å²) < 4.78 is 0. The van der Waals surface area contributed by atoms with Crippen molar-refractivity contribution < 1.29 is 14.7 Å². The number of carbonyl (C=O) groups excluding carboxylic acids is 1. The number of carboxylic acid groups (broad SMARTS) is 1. The van der Waals surface area contributed by atoms with Crippen LogP contribution < -0.4 is 0 Å². The molecule has 20 heavy (non-hydrogen) atoms. The van der Waals surface area contributed by atoms with Gasteiger partial charge in [0.15, 0.2) is 5.78 Å². The van der Waals surface area contributed by atoms with E-state index in [0.29, 0.717) is 6.42 Å². The van der Waals surface area contributed by atoms with Crippen LogP contribution in [0.1, 0.15) is 78.1 Å². The van der Waals surface area contributed by atoms with Gasteiger partial charge in [-0.05, 0) is 13.3 Å². The maximum absolute atomic E-state index is 11.4. The molecule has 0 saturated heterocycles. The first-order chi connectivity index (χ1) is 9.57. The molecule has 4 nitrogen and oxygen atoms in total. The number of aliphatic carboxylic acids is 1. The summed E-state index contributed by atoms with van der Waals surface area (Å²) in [7, 11) is 0. The Kier molecular flexibility index (Phi) is 12.1. The summed E-state index contributed by atoms with van der Waals surface area (Å²) >= 11 is 0. The Morgan fingerprint density at radius 2 is 1.50 bits per heavy atom. The van der Waals surface area contributed by atoms with Gasteiger partial charge >= 0.3 is 5.97 Å². The molecule has 0 aromatic rings. The van der Waals surface area contributed by atoms with Crippen molar-refractivity contribution in [3.8, 4) is 0 Å². The van der Waals surface area contributed by atoms with Gasteiger partial charge in [-0.25, -0.2) is 4.79 Å². The standard InChI is InChI=1S/C16H29NO3/c1-3-4-5-6-7-8-9-10-11-12-15(18)13-17-14(2)16(19)20/h13-14H,3-12H2,1-2H3,(H,19,20)/t14-/m0/s1. The minimum Gasteiger partial charge on any atom is -0.480 e. The molecule has 4 heteroatoms. The van der Waals surface area contributed by atoms with E-state index < -0.39 is 12.0 Å². The number of aliphatic imine (C=N–C) groups is 1. The number of nitrogens with zero attached hydrogens (tertiary/aromatic N) is 1. The second-order valence-corrected chi connectivity index (χ2v) is 5.34. The lowest BCUT2D eigenvalue weighted by Crippen LogP contribution is -2.14. The van der Waals surface area contributed by atoms with Crippen LogP contribution in [0.25, 0.3) is 0 Å². The van der Waals surface area contributed by atoms with Crippen LogP contribution in [0.2, 0.25) is 0 Å². The van der Waals surface area contributed by atoms with E-state index in [2.05, 4.69) is 11.9 Å². The number of rotatable bonds is 13. The molecular formula is C16H29NO3. The lowest BCUT2D eigenvalue weighted by atomic mass is 10.1. The second-order valence-electron chi connectivity index (χ2n) is 5.34. The van der Waals surface area contributed by atoms with Crippen LogP contribution in [0.4, 0.5) is 0 Å². The third-order valence-corrected chi connectivity index (χ3v) is 3.33. The summed E-state index contributed by atoms with van der Waals surface area (Å²) in [6, 6.07) is -0.831. The van der Waals surface area contributed by atoms with Gasteiger partial charge in [0.1, 0.15) is 6.04 Å². The third kappa shape index (κ3) is 11.9. The molecule has 1 N–H and O–H groups in total. The third-order valence-electron chi connectivity index (χ3n) is 3.33. The average Bonchev–Trinajstić information content (AvgIpc) is 2.42. The maximum Gasteiger partial charge on any atom is 0.328 e. The van der Waals surface area contributed by atoms with Crippen molar-refractivity contribution in [1.29, 1.82) is 0 Å². The molecule has 0 aromatic heterocycles. The van der Waals surface area contributed by atoms with Gasteiger partial charge in [-0.2, -0.15) is 0 Å². The Morgan fingerprint density at radius 1 is 1.00 bits per heavy atom. The minimum atomic E-state index is -1.00. The highest BCUT2D eigenvalue weighted by molar-refractivity contribution is 6.27. The summed E-state index contributed by atoms with van der Waals surface area (Å²) in [5, 5.41) is 8.62. The van der Waals surface area contributed by atoms with Crippen LogP contribution in [-0.2, 0) is 9.59 Å². The first-order valence-corrected chi connectivity index (χ1v) is 7.86. The Bertz CT molecular complexity index is 300. The predicted molar refractivity (Wildman–Crippen MR) is 82.4 cm³/mol. The summed E-state index contributed by atoms with van der Waals surface area (Å²) in [4.78, 5) is 25.7. The largest absolute Gasteiger partial charge is 0.480 e. The smallest absolute Gasteiger partial charge is 0.328 e. The van der Waals surface area contributed by atoms with E-state index in [9.17, 15) is 9.59 Å². The number of hydrogen-bond acceptors (Lipinski definition) is 3. The molecule has 0 radical (unpaired) electrons. The molecule has 1 atom stereocenters. The predicted octanol–water partition coefficient (Wildman–Crippen LogP) is 4.02. The first-order valence-electron chi connectivity index (χ1n) is 7.86. The Balaban J connectivity index is 3.42. The molecule has 0 aromatic carbocycles. The van der Waals surface area contributed by atoms with E-state index in [-0.39, 0.29) is 5.78 Å². The van der Waals surface area contributed by atoms with Crippen LogP contribution in [-0.4, -0.2) is 29.1 Å². The minimum absolute atomic E-state index is 0.0685. The van der Waals surface area contributed by atoms with Crippen molar-refractivity contribution in [2.75, 3.05) is 0 Å². The molecule has 0 unspecified atom stereocenters. The van der Waals surface area contributed by atoms with E-state index in [1.807, 2.05) is 0 Å². The summed E-state index contributed by atoms with van der Waals surface area (Å²) in [5.41, 5.74) is 0. The number of Topliss-reactive ketones (excluding diaryl/α,β-unsaturated/α-hetero) is 1. The molecule has 0 saturated carbocycles. The lowest BCUT2D eigenvalue weighted by molar-refractivity contribution is -0.137. The van der Waals surface area contributed by atoms with Gasteiger partial charge in [0.25, 0.3) is 0 Å². The normalized spacial score (nSPS) is 12.7. The molecule has 0 heterocycles. The highest BCUT2D eigenvalue weighted by Gasteiger charge is 2.07. The van der Waals surface area contributed by atoms with Crippen LogP contribution in [0.5, 0.6) is 0 Å². The zero-order valence-corrected chi connectivity index (χ0v) is 12.9. The van der Waals surface area contributed by atoms with E-state index in [0.717, 1.165) is 12.8 Å². The van der Waals surface area contributed by atoms with Crippen molar-refractivity contribution >= 4 is 18.0 Å². The van der Waals surface area contributed by atoms with Crippen molar-refractivity contribution in [1.82, 2.24) is 0 Å². The topological polar surface area (TPSA) is 66.7 Å². The van der Waals surface area contributed by atoms with E-state index in [1.165, 1.54) is 58.1 Å². The van der Waals surface area contributed by atoms with E-state index in [1.54, 1.807) is 0 Å². The SMILES string of the molecule is CCCCCCCCCCCC(=O)C=N[C@@H](C)C(=O)O. The number of ketones is 1. The van der Waals surface area contributed by atoms with Crippen LogP contribution in [0.15, 0.2) is 4.99 Å². The molecule has 0 bridgehead atoms. The molecule has 116 valence electrons. The van der Waals surface area contributed by atoms with Crippen LogP contribution in [0.3, 0.4) is 0 Å². The number of carbonyl (C=O) groups is 2. The Morgan fingerprint density at radius 3 is 2.00 bits per heavy atom. The molecule has 0 fully saturated rings. The van der Waals surface area contributed by atoms with Gasteiger partial charge in [-0.1, -0.05) is 58.3 Å². The highest BCUT2D eigenvalue weighted by Crippen LogP contribution is 2.10. The van der Waals surface area contributed by atoms with Gasteiger partial charge in [-0.3, -0.25) is 9.79 Å². The van der Waals surface area contributed by atoms with Crippen LogP contribution in [0, 0.1) is 0 Å². The summed E-state index contributed by atoms with van der Waals surface area (Å²) in [6.07, 6.45) is 12.6. The zero-order valence-electron chi connectivity index (χ0n) is 12.9. The Hall–Kier alpha value is -1.19. The van der Waals surface area contributed by atoms with Crippen molar-refractivity contribution in [2.24, 2.45) is 4.99 Å². The fraction of sp³-hybridized carbons (Fsp3) is 0.812. The lowest BCUT2D eigenvalue weighted by Gasteiger charge is -2.01. The average molecular weight is 283 g/mol. The van der Waals surface area contributed by atoms with Crippen molar-refractivity contribution in [3.05, 3.63) is 0 Å². The van der Waals surface area contributed by atoms with Gasteiger partial charge < -0.3 is 5.11 Å². The maximum atomic E-state index is 11.4. The fourth-order valence-corrected chi connectivity index (χ4v) is 1.93. The molecule has 0 rings (SSSR count). The van der Waals surface area contributed by atoms with Crippen molar-refractivity contribution in [2.45, 2.75) is 84.1 Å². The quantitative estimate of drug-likeness (QED) is 0.410. The molecule has 0 spiro atoms. The monoisotopic (exact) mass is 283 g/mol. The van der Waals surface area contributed by atoms with Gasteiger partial charge in [0.2, 0.25) is 0 Å². The summed E-state index contributed by atoms with van der Waals surface area (Å²) in [5.74, 6) is -1.07. The van der Waals surface area contributed by atoms with Crippen LogP contribution >= 0.6 is 0 Å². The molecule has 0 aliphatic carbocycles. The number of carboxylic acids is 1. The molecule has 0 aliphatic heterocycles. The second kappa shape index (κ2) is 12.8. The van der Waals surface area contributed by atoms with E-state index in [4.69, 9.17) is 5.11 Å². The molecular weight excluding hydrogens is 254 g/mol. The van der Waals surface area contributed by atoms with Gasteiger partial charge in [-0.15, -0.1) is 0 Å². The highest BCUT2D eigenvalue weighted by atomic mass is 16.4. The van der Waals surface area contributed by atoms with Crippen molar-refractivity contribution in [3.63, 3.8) is 0 Å². The fourth-order valence-electron chi connectivity index (χ4n) is 1.93. The first kappa shape index (κ1) is 18.8. The van der Waals surface area contributed by atoms with Gasteiger partial charge in [0.05, 0.1) is 6.21 Å². The van der Waals surface area contributed by atoms with E-state index >= 15 is 0 Å². The number of hydrogen-bond donors (Lipinski definition) is 1. The molecule has 0 amide bonds.